The van der Waals surface area contributed by atoms with Gasteiger partial charge in [-0.05, 0) is 38.6 Å². The molecule has 4 nitrogen and oxygen atoms in total. The van der Waals surface area contributed by atoms with Crippen LogP contribution in [-0.2, 0) is 6.54 Å². The number of hydrogen-bond acceptors (Lipinski definition) is 4. The highest BCUT2D eigenvalue weighted by Gasteiger charge is 2.30. The monoisotopic (exact) mass is 234 g/mol. The molecule has 0 bridgehead atoms. The van der Waals surface area contributed by atoms with E-state index in [9.17, 15) is 0 Å². The highest BCUT2D eigenvalue weighted by molar-refractivity contribution is 5.09. The lowest BCUT2D eigenvalue weighted by Gasteiger charge is -2.25. The molecule has 17 heavy (non-hydrogen) atoms. The van der Waals surface area contributed by atoms with E-state index in [2.05, 4.69) is 53.8 Å². The minimum atomic E-state index is 0.532. The van der Waals surface area contributed by atoms with Gasteiger partial charge in [0.2, 0.25) is 0 Å². The molecule has 0 spiro atoms. The molecule has 0 radical (unpaired) electrons. The second-order valence-corrected chi connectivity index (χ2v) is 5.08. The third-order valence-electron chi connectivity index (χ3n) is 3.55. The molecule has 1 aliphatic rings. The Kier molecular flexibility index (Phi) is 4.10. The zero-order valence-electron chi connectivity index (χ0n) is 10.9. The standard InChI is InChI=1S/C13H22N4/c1-10-13(11(2)16-15-10)9-17(3)8-12-4-6-14-7-5-12/h4-7,10-11,13,15-16H,8-9H2,1-3H3. The van der Waals surface area contributed by atoms with Crippen LogP contribution in [0.2, 0.25) is 0 Å². The Balaban J connectivity index is 1.87. The summed E-state index contributed by atoms with van der Waals surface area (Å²) in [6, 6.07) is 5.22. The Morgan fingerprint density at radius 1 is 1.18 bits per heavy atom. The summed E-state index contributed by atoms with van der Waals surface area (Å²) < 4.78 is 0. The lowest BCUT2D eigenvalue weighted by atomic mass is 9.96. The molecule has 1 aromatic heterocycles. The van der Waals surface area contributed by atoms with Gasteiger partial charge >= 0.3 is 0 Å². The van der Waals surface area contributed by atoms with Crippen LogP contribution in [0.3, 0.4) is 0 Å². The number of hydrogen-bond donors (Lipinski definition) is 2. The highest BCUT2D eigenvalue weighted by atomic mass is 15.4. The van der Waals surface area contributed by atoms with E-state index < -0.39 is 0 Å². The number of nitrogens with one attached hydrogen (secondary N) is 2. The molecule has 1 saturated heterocycles. The zero-order valence-corrected chi connectivity index (χ0v) is 10.9. The first-order valence-corrected chi connectivity index (χ1v) is 6.25. The lowest BCUT2D eigenvalue weighted by Crippen LogP contribution is -2.35. The van der Waals surface area contributed by atoms with E-state index in [0.29, 0.717) is 18.0 Å². The third-order valence-corrected chi connectivity index (χ3v) is 3.55. The molecule has 2 rings (SSSR count). The summed E-state index contributed by atoms with van der Waals surface area (Å²) in [6.45, 7) is 6.56. The Labute approximate surface area is 103 Å². The average molecular weight is 234 g/mol. The summed E-state index contributed by atoms with van der Waals surface area (Å²) in [5.74, 6) is 0.654. The zero-order chi connectivity index (χ0) is 12.3. The van der Waals surface area contributed by atoms with Crippen LogP contribution < -0.4 is 10.9 Å². The first kappa shape index (κ1) is 12.5. The number of nitrogens with zero attached hydrogens (tertiary/aromatic N) is 2. The van der Waals surface area contributed by atoms with Crippen LogP contribution in [0.1, 0.15) is 19.4 Å². The number of pyridine rings is 1. The summed E-state index contributed by atoms with van der Waals surface area (Å²) in [7, 11) is 2.18. The first-order chi connectivity index (χ1) is 8.16. The Hall–Kier alpha value is -0.970. The Morgan fingerprint density at radius 3 is 2.35 bits per heavy atom. The highest BCUT2D eigenvalue weighted by Crippen LogP contribution is 2.16. The van der Waals surface area contributed by atoms with Gasteiger partial charge < -0.3 is 4.90 Å². The Morgan fingerprint density at radius 2 is 1.76 bits per heavy atom. The number of rotatable bonds is 4. The van der Waals surface area contributed by atoms with Gasteiger partial charge in [0.25, 0.3) is 0 Å². The summed E-state index contributed by atoms with van der Waals surface area (Å²) in [6.07, 6.45) is 3.71. The predicted molar refractivity (Wildman–Crippen MR) is 69.3 cm³/mol. The summed E-state index contributed by atoms with van der Waals surface area (Å²) in [5, 5.41) is 0. The van der Waals surface area contributed by atoms with Crippen molar-refractivity contribution in [2.45, 2.75) is 32.5 Å². The molecule has 2 N–H and O–H groups in total. The minimum Gasteiger partial charge on any atom is -0.302 e. The smallest absolute Gasteiger partial charge is 0.0271 e. The average Bonchev–Trinajstić information content (AvgIpc) is 2.62. The van der Waals surface area contributed by atoms with E-state index in [1.165, 1.54) is 5.56 Å². The molecule has 4 heteroatoms. The predicted octanol–water partition coefficient (Wildman–Crippen LogP) is 1.01. The van der Waals surface area contributed by atoms with Gasteiger partial charge in [-0.1, -0.05) is 0 Å². The van der Waals surface area contributed by atoms with Gasteiger partial charge in [0, 0.05) is 43.5 Å². The first-order valence-electron chi connectivity index (χ1n) is 6.25. The van der Waals surface area contributed by atoms with Gasteiger partial charge in [-0.3, -0.25) is 15.8 Å². The SMILES string of the molecule is CC1NNC(C)C1CN(C)Cc1ccncc1. The summed E-state index contributed by atoms with van der Waals surface area (Å²) in [5.41, 5.74) is 7.92. The van der Waals surface area contributed by atoms with Crippen molar-refractivity contribution in [2.24, 2.45) is 5.92 Å². The quantitative estimate of drug-likeness (QED) is 0.816. The van der Waals surface area contributed by atoms with E-state index in [1.54, 1.807) is 0 Å². The molecule has 0 aromatic carbocycles. The van der Waals surface area contributed by atoms with Crippen LogP contribution in [0.5, 0.6) is 0 Å². The van der Waals surface area contributed by atoms with Crippen molar-refractivity contribution in [3.05, 3.63) is 30.1 Å². The van der Waals surface area contributed by atoms with E-state index in [4.69, 9.17) is 0 Å². The summed E-state index contributed by atoms with van der Waals surface area (Å²) >= 11 is 0. The fourth-order valence-corrected chi connectivity index (χ4v) is 2.45. The van der Waals surface area contributed by atoms with Crippen LogP contribution >= 0.6 is 0 Å². The van der Waals surface area contributed by atoms with E-state index in [-0.39, 0.29) is 0 Å². The maximum atomic E-state index is 4.04. The van der Waals surface area contributed by atoms with Crippen LogP contribution in [-0.4, -0.2) is 35.6 Å². The van der Waals surface area contributed by atoms with E-state index in [0.717, 1.165) is 13.1 Å². The number of hydrazine groups is 1. The third kappa shape index (κ3) is 3.25. The van der Waals surface area contributed by atoms with Crippen LogP contribution in [0, 0.1) is 5.92 Å². The van der Waals surface area contributed by atoms with Crippen molar-refractivity contribution in [2.75, 3.05) is 13.6 Å². The number of aromatic nitrogens is 1. The Bertz CT molecular complexity index is 331. The summed E-state index contributed by atoms with van der Waals surface area (Å²) in [4.78, 5) is 6.42. The largest absolute Gasteiger partial charge is 0.302 e. The molecule has 2 atom stereocenters. The molecule has 1 fully saturated rings. The molecular weight excluding hydrogens is 212 g/mol. The van der Waals surface area contributed by atoms with Crippen LogP contribution in [0.15, 0.2) is 24.5 Å². The van der Waals surface area contributed by atoms with Crippen molar-refractivity contribution in [1.82, 2.24) is 20.7 Å². The fourth-order valence-electron chi connectivity index (χ4n) is 2.45. The van der Waals surface area contributed by atoms with Gasteiger partial charge in [0.15, 0.2) is 0 Å². The normalized spacial score (nSPS) is 28.8. The van der Waals surface area contributed by atoms with Crippen molar-refractivity contribution >= 4 is 0 Å². The topological polar surface area (TPSA) is 40.2 Å². The van der Waals surface area contributed by atoms with Gasteiger partial charge in [-0.15, -0.1) is 0 Å². The van der Waals surface area contributed by atoms with Crippen LogP contribution in [0.4, 0.5) is 0 Å². The molecular formula is C13H22N4. The molecule has 94 valence electrons. The lowest BCUT2D eigenvalue weighted by molar-refractivity contribution is 0.249. The van der Waals surface area contributed by atoms with Crippen molar-refractivity contribution in [3.8, 4) is 0 Å². The molecule has 0 aliphatic carbocycles. The van der Waals surface area contributed by atoms with Gasteiger partial charge in [0.05, 0.1) is 0 Å². The van der Waals surface area contributed by atoms with Gasteiger partial charge in [-0.25, -0.2) is 0 Å². The second-order valence-electron chi connectivity index (χ2n) is 5.08. The van der Waals surface area contributed by atoms with Crippen molar-refractivity contribution < 1.29 is 0 Å². The van der Waals surface area contributed by atoms with E-state index >= 15 is 0 Å². The van der Waals surface area contributed by atoms with E-state index in [1.807, 2.05) is 12.4 Å². The minimum absolute atomic E-state index is 0.532. The fraction of sp³-hybridized carbons (Fsp3) is 0.615. The van der Waals surface area contributed by atoms with Crippen molar-refractivity contribution in [1.29, 1.82) is 0 Å². The molecule has 1 aliphatic heterocycles. The molecule has 2 heterocycles. The molecule has 0 saturated carbocycles. The second kappa shape index (κ2) is 5.58. The van der Waals surface area contributed by atoms with Gasteiger partial charge in [0.1, 0.15) is 0 Å². The molecule has 1 aromatic rings. The maximum absolute atomic E-state index is 4.04. The van der Waals surface area contributed by atoms with Gasteiger partial charge in [-0.2, -0.15) is 0 Å². The van der Waals surface area contributed by atoms with Crippen molar-refractivity contribution in [3.63, 3.8) is 0 Å². The maximum Gasteiger partial charge on any atom is 0.0271 e. The molecule has 0 amide bonds. The molecule has 2 unspecified atom stereocenters. The van der Waals surface area contributed by atoms with Crippen LogP contribution in [0.25, 0.3) is 0 Å².